The molecular weight excluding hydrogens is 380 g/mol. The minimum absolute atomic E-state index is 0.152. The van der Waals surface area contributed by atoms with Crippen molar-refractivity contribution in [2.45, 2.75) is 19.9 Å². The fraction of sp³-hybridized carbons (Fsp3) is 0.261. The van der Waals surface area contributed by atoms with E-state index < -0.39 is 0 Å². The second-order valence-electron chi connectivity index (χ2n) is 7.38. The lowest BCUT2D eigenvalue weighted by atomic mass is 9.95. The number of ether oxygens (including phenoxy) is 2. The van der Waals surface area contributed by atoms with Crippen LogP contribution >= 0.6 is 0 Å². The molecule has 1 aliphatic heterocycles. The molecule has 0 unspecified atom stereocenters. The number of carbonyl (C=O) groups is 1. The van der Waals surface area contributed by atoms with Gasteiger partial charge in [0.1, 0.15) is 13.2 Å². The molecule has 0 aliphatic carbocycles. The summed E-state index contributed by atoms with van der Waals surface area (Å²) in [6.45, 7) is 5.23. The quantitative estimate of drug-likeness (QED) is 0.643. The third kappa shape index (κ3) is 4.51. The van der Waals surface area contributed by atoms with Gasteiger partial charge in [-0.1, -0.05) is 26.0 Å². The van der Waals surface area contributed by atoms with E-state index in [1.165, 1.54) is 0 Å². The van der Waals surface area contributed by atoms with Crippen molar-refractivity contribution in [1.82, 2.24) is 15.3 Å². The summed E-state index contributed by atoms with van der Waals surface area (Å²) in [5, 5.41) is 6.26. The van der Waals surface area contributed by atoms with Gasteiger partial charge < -0.3 is 20.1 Å². The highest BCUT2D eigenvalue weighted by Crippen LogP contribution is 2.34. The van der Waals surface area contributed by atoms with Crippen molar-refractivity contribution in [1.29, 1.82) is 0 Å². The zero-order valence-corrected chi connectivity index (χ0v) is 17.0. The van der Waals surface area contributed by atoms with Crippen LogP contribution in [0.4, 0.5) is 11.6 Å². The van der Waals surface area contributed by atoms with Crippen molar-refractivity contribution >= 4 is 17.5 Å². The average Bonchev–Trinajstić information content (AvgIpc) is 2.77. The van der Waals surface area contributed by atoms with Crippen LogP contribution in [0.1, 0.15) is 35.8 Å². The molecule has 7 heteroatoms. The molecular formula is C23H24N4O3. The van der Waals surface area contributed by atoms with Crippen LogP contribution in [0.3, 0.4) is 0 Å². The first kappa shape index (κ1) is 19.7. The molecule has 7 nitrogen and oxygen atoms in total. The van der Waals surface area contributed by atoms with Gasteiger partial charge in [0.05, 0.1) is 6.04 Å². The molecule has 1 aromatic heterocycles. The Morgan fingerprint density at radius 3 is 2.50 bits per heavy atom. The van der Waals surface area contributed by atoms with Crippen LogP contribution < -0.4 is 20.1 Å². The van der Waals surface area contributed by atoms with E-state index in [-0.39, 0.29) is 17.9 Å². The van der Waals surface area contributed by atoms with E-state index in [0.29, 0.717) is 30.5 Å². The van der Waals surface area contributed by atoms with E-state index in [9.17, 15) is 4.79 Å². The van der Waals surface area contributed by atoms with E-state index in [4.69, 9.17) is 9.47 Å². The molecule has 30 heavy (non-hydrogen) atoms. The van der Waals surface area contributed by atoms with Gasteiger partial charge in [0.2, 0.25) is 5.95 Å². The lowest BCUT2D eigenvalue weighted by Gasteiger charge is -2.25. The first-order valence-corrected chi connectivity index (χ1v) is 9.94. The number of amides is 1. The van der Waals surface area contributed by atoms with Gasteiger partial charge in [-0.15, -0.1) is 0 Å². The maximum absolute atomic E-state index is 13.0. The summed E-state index contributed by atoms with van der Waals surface area (Å²) in [5.41, 5.74) is 2.28. The van der Waals surface area contributed by atoms with E-state index in [0.717, 1.165) is 17.0 Å². The molecule has 1 aliphatic rings. The number of aromatic nitrogens is 2. The number of hydrogen-bond donors (Lipinski definition) is 2. The third-order valence-electron chi connectivity index (χ3n) is 4.83. The highest BCUT2D eigenvalue weighted by molar-refractivity contribution is 5.95. The van der Waals surface area contributed by atoms with Crippen LogP contribution in [0.2, 0.25) is 0 Å². The Bertz CT molecular complexity index is 1020. The molecule has 3 aromatic rings. The standard InChI is InChI=1S/C23H24N4O3/c1-15(2)21(16-7-8-19-20(14-16)30-12-11-29-19)27-22(28)17-5-3-6-18(13-17)26-23-24-9-4-10-25-23/h3-10,13-15,21H,11-12H2,1-2H3,(H,27,28)(H,24,25,26)/t21-/m0/s1. The number of fused-ring (bicyclic) bond motifs is 1. The Kier molecular flexibility index (Phi) is 5.79. The van der Waals surface area contributed by atoms with Crippen molar-refractivity contribution in [3.8, 4) is 11.5 Å². The van der Waals surface area contributed by atoms with Gasteiger partial charge in [-0.05, 0) is 47.9 Å². The number of rotatable bonds is 6. The number of carbonyl (C=O) groups excluding carboxylic acids is 1. The Labute approximate surface area is 175 Å². The van der Waals surface area contributed by atoms with Crippen LogP contribution in [-0.4, -0.2) is 29.1 Å². The number of nitrogens with zero attached hydrogens (tertiary/aromatic N) is 2. The van der Waals surface area contributed by atoms with Gasteiger partial charge in [0.25, 0.3) is 5.91 Å². The zero-order valence-electron chi connectivity index (χ0n) is 17.0. The highest BCUT2D eigenvalue weighted by atomic mass is 16.6. The minimum Gasteiger partial charge on any atom is -0.486 e. The Hall–Kier alpha value is -3.61. The molecule has 4 rings (SSSR count). The summed E-state index contributed by atoms with van der Waals surface area (Å²) in [4.78, 5) is 21.3. The topological polar surface area (TPSA) is 85.4 Å². The van der Waals surface area contributed by atoms with E-state index in [2.05, 4.69) is 34.4 Å². The van der Waals surface area contributed by atoms with Crippen LogP contribution in [0, 0.1) is 5.92 Å². The molecule has 2 N–H and O–H groups in total. The molecule has 0 fully saturated rings. The number of hydrogen-bond acceptors (Lipinski definition) is 6. The minimum atomic E-state index is -0.164. The lowest BCUT2D eigenvalue weighted by molar-refractivity contribution is 0.0925. The van der Waals surface area contributed by atoms with Crippen molar-refractivity contribution < 1.29 is 14.3 Å². The number of nitrogens with one attached hydrogen (secondary N) is 2. The van der Waals surface area contributed by atoms with Crippen LogP contribution in [0.15, 0.2) is 60.9 Å². The van der Waals surface area contributed by atoms with E-state index in [1.807, 2.05) is 30.3 Å². The summed E-state index contributed by atoms with van der Waals surface area (Å²) in [7, 11) is 0. The largest absolute Gasteiger partial charge is 0.486 e. The van der Waals surface area contributed by atoms with Crippen LogP contribution in [0.25, 0.3) is 0 Å². The molecule has 0 saturated heterocycles. The SMILES string of the molecule is CC(C)[C@H](NC(=O)c1cccc(Nc2ncccn2)c1)c1ccc2c(c1)OCCO2. The van der Waals surface area contributed by atoms with Crippen LogP contribution in [0.5, 0.6) is 11.5 Å². The van der Waals surface area contributed by atoms with Gasteiger partial charge in [-0.3, -0.25) is 4.79 Å². The van der Waals surface area contributed by atoms with Gasteiger partial charge in [0, 0.05) is 23.6 Å². The predicted octanol–water partition coefficient (Wildman–Crippen LogP) is 4.12. The Morgan fingerprint density at radius 1 is 0.967 bits per heavy atom. The molecule has 2 heterocycles. The first-order valence-electron chi connectivity index (χ1n) is 9.94. The molecule has 1 amide bonds. The molecule has 0 saturated carbocycles. The predicted molar refractivity (Wildman–Crippen MR) is 114 cm³/mol. The average molecular weight is 404 g/mol. The van der Waals surface area contributed by atoms with Gasteiger partial charge in [-0.2, -0.15) is 0 Å². The second kappa shape index (κ2) is 8.82. The lowest BCUT2D eigenvalue weighted by Crippen LogP contribution is -2.32. The molecule has 0 radical (unpaired) electrons. The monoisotopic (exact) mass is 404 g/mol. The summed E-state index contributed by atoms with van der Waals surface area (Å²) in [5.74, 6) is 1.97. The summed E-state index contributed by atoms with van der Waals surface area (Å²) >= 11 is 0. The maximum atomic E-state index is 13.0. The fourth-order valence-electron chi connectivity index (χ4n) is 3.34. The number of benzene rings is 2. The third-order valence-corrected chi connectivity index (χ3v) is 4.83. The molecule has 1 atom stereocenters. The summed E-state index contributed by atoms with van der Waals surface area (Å²) < 4.78 is 11.3. The first-order chi connectivity index (χ1) is 14.6. The zero-order chi connectivity index (χ0) is 20.9. The van der Waals surface area contributed by atoms with Gasteiger partial charge >= 0.3 is 0 Å². The van der Waals surface area contributed by atoms with Crippen molar-refractivity contribution in [2.75, 3.05) is 18.5 Å². The van der Waals surface area contributed by atoms with Crippen LogP contribution in [-0.2, 0) is 0 Å². The molecule has 0 bridgehead atoms. The fourth-order valence-corrected chi connectivity index (χ4v) is 3.34. The van der Waals surface area contributed by atoms with Crippen molar-refractivity contribution in [3.05, 3.63) is 72.1 Å². The summed E-state index contributed by atoms with van der Waals surface area (Å²) in [6, 6.07) is 14.7. The smallest absolute Gasteiger partial charge is 0.251 e. The second-order valence-corrected chi connectivity index (χ2v) is 7.38. The summed E-state index contributed by atoms with van der Waals surface area (Å²) in [6.07, 6.45) is 3.32. The maximum Gasteiger partial charge on any atom is 0.251 e. The Morgan fingerprint density at radius 2 is 1.73 bits per heavy atom. The van der Waals surface area contributed by atoms with E-state index in [1.54, 1.807) is 30.6 Å². The normalized spacial score (nSPS) is 13.6. The van der Waals surface area contributed by atoms with E-state index >= 15 is 0 Å². The molecule has 154 valence electrons. The van der Waals surface area contributed by atoms with Gasteiger partial charge in [-0.25, -0.2) is 9.97 Å². The van der Waals surface area contributed by atoms with Gasteiger partial charge in [0.15, 0.2) is 11.5 Å². The molecule has 0 spiro atoms. The number of anilines is 2. The van der Waals surface area contributed by atoms with Crippen molar-refractivity contribution in [3.63, 3.8) is 0 Å². The van der Waals surface area contributed by atoms with Crippen molar-refractivity contribution in [2.24, 2.45) is 5.92 Å². The highest BCUT2D eigenvalue weighted by Gasteiger charge is 2.22. The Balaban J connectivity index is 1.52. The molecule has 2 aromatic carbocycles.